The van der Waals surface area contributed by atoms with Gasteiger partial charge in [-0.05, 0) is 24.3 Å². The Hall–Kier alpha value is -2.48. The number of nitrogens with one attached hydrogen (secondary N) is 1. The SMILES string of the molecule is CN(CCC#N)C(=O)c1cc2cc(N)ccc2[nH]1. The number of nitriles is 1. The highest BCUT2D eigenvalue weighted by Gasteiger charge is 2.13. The van der Waals surface area contributed by atoms with Crippen LogP contribution in [0.4, 0.5) is 5.69 Å². The second-order valence-corrected chi connectivity index (χ2v) is 4.16. The fourth-order valence-corrected chi connectivity index (χ4v) is 1.79. The first-order valence-corrected chi connectivity index (χ1v) is 5.62. The lowest BCUT2D eigenvalue weighted by atomic mass is 10.2. The first kappa shape index (κ1) is 12.0. The smallest absolute Gasteiger partial charge is 0.270 e. The van der Waals surface area contributed by atoms with E-state index in [1.807, 2.05) is 18.2 Å². The number of amides is 1. The van der Waals surface area contributed by atoms with Gasteiger partial charge in [0.1, 0.15) is 5.69 Å². The molecule has 0 fully saturated rings. The molecule has 0 aliphatic carbocycles. The molecule has 0 saturated carbocycles. The Morgan fingerprint density at radius 2 is 2.28 bits per heavy atom. The van der Waals surface area contributed by atoms with Gasteiger partial charge in [0.25, 0.3) is 5.91 Å². The lowest BCUT2D eigenvalue weighted by Gasteiger charge is -2.13. The average Bonchev–Trinajstić information content (AvgIpc) is 2.77. The zero-order valence-corrected chi connectivity index (χ0v) is 10.1. The van der Waals surface area contributed by atoms with Gasteiger partial charge in [-0.3, -0.25) is 4.79 Å². The number of carbonyl (C=O) groups excluding carboxylic acids is 1. The highest BCUT2D eigenvalue weighted by Crippen LogP contribution is 2.19. The molecule has 0 radical (unpaired) electrons. The molecule has 5 heteroatoms. The van der Waals surface area contributed by atoms with Crippen LogP contribution in [0, 0.1) is 11.3 Å². The summed E-state index contributed by atoms with van der Waals surface area (Å²) >= 11 is 0. The zero-order chi connectivity index (χ0) is 13.1. The molecule has 0 aliphatic rings. The normalized spacial score (nSPS) is 10.2. The van der Waals surface area contributed by atoms with Crippen molar-refractivity contribution < 1.29 is 4.79 Å². The number of carbonyl (C=O) groups is 1. The summed E-state index contributed by atoms with van der Waals surface area (Å²) in [5, 5.41) is 9.41. The van der Waals surface area contributed by atoms with E-state index in [1.165, 1.54) is 4.90 Å². The monoisotopic (exact) mass is 242 g/mol. The van der Waals surface area contributed by atoms with Crippen molar-refractivity contribution in [1.82, 2.24) is 9.88 Å². The van der Waals surface area contributed by atoms with E-state index in [1.54, 1.807) is 19.2 Å². The second kappa shape index (κ2) is 4.80. The molecule has 5 nitrogen and oxygen atoms in total. The predicted octanol–water partition coefficient (Wildman–Crippen LogP) is 1.74. The summed E-state index contributed by atoms with van der Waals surface area (Å²) in [6, 6.07) is 9.24. The Kier molecular flexibility index (Phi) is 3.20. The molecule has 2 aromatic rings. The van der Waals surface area contributed by atoms with E-state index in [2.05, 4.69) is 4.98 Å². The third kappa shape index (κ3) is 2.28. The van der Waals surface area contributed by atoms with Crippen LogP contribution in [-0.2, 0) is 0 Å². The van der Waals surface area contributed by atoms with Gasteiger partial charge in [0.05, 0.1) is 12.5 Å². The fourth-order valence-electron chi connectivity index (χ4n) is 1.79. The predicted molar refractivity (Wildman–Crippen MR) is 69.9 cm³/mol. The summed E-state index contributed by atoms with van der Waals surface area (Å²) in [4.78, 5) is 16.6. The molecular weight excluding hydrogens is 228 g/mol. The number of H-pyrrole nitrogens is 1. The molecule has 1 heterocycles. The number of hydrogen-bond donors (Lipinski definition) is 2. The minimum absolute atomic E-state index is 0.125. The summed E-state index contributed by atoms with van der Waals surface area (Å²) in [6.07, 6.45) is 0.329. The maximum atomic E-state index is 12.1. The molecule has 0 bridgehead atoms. The topological polar surface area (TPSA) is 85.9 Å². The number of nitrogens with two attached hydrogens (primary N) is 1. The van der Waals surface area contributed by atoms with E-state index >= 15 is 0 Å². The number of aromatic nitrogens is 1. The van der Waals surface area contributed by atoms with Crippen LogP contribution in [0.15, 0.2) is 24.3 Å². The fraction of sp³-hybridized carbons (Fsp3) is 0.231. The van der Waals surface area contributed by atoms with E-state index in [9.17, 15) is 4.79 Å². The molecule has 92 valence electrons. The average molecular weight is 242 g/mol. The number of nitrogens with zero attached hydrogens (tertiary/aromatic N) is 2. The van der Waals surface area contributed by atoms with Crippen molar-refractivity contribution in [3.05, 3.63) is 30.0 Å². The number of benzene rings is 1. The van der Waals surface area contributed by atoms with Gasteiger partial charge < -0.3 is 15.6 Å². The molecular formula is C13H14N4O. The van der Waals surface area contributed by atoms with E-state index in [0.29, 0.717) is 24.3 Å². The second-order valence-electron chi connectivity index (χ2n) is 4.16. The van der Waals surface area contributed by atoms with E-state index in [4.69, 9.17) is 11.0 Å². The number of nitrogen functional groups attached to an aromatic ring is 1. The molecule has 0 aliphatic heterocycles. The molecule has 2 rings (SSSR count). The van der Waals surface area contributed by atoms with Crippen molar-refractivity contribution in [2.24, 2.45) is 0 Å². The summed E-state index contributed by atoms with van der Waals surface area (Å²) in [5.41, 5.74) is 7.74. The number of anilines is 1. The number of fused-ring (bicyclic) bond motifs is 1. The van der Waals surface area contributed by atoms with Gasteiger partial charge >= 0.3 is 0 Å². The Morgan fingerprint density at radius 1 is 1.50 bits per heavy atom. The lowest BCUT2D eigenvalue weighted by Crippen LogP contribution is -2.27. The van der Waals surface area contributed by atoms with Gasteiger partial charge in [-0.2, -0.15) is 5.26 Å². The third-order valence-electron chi connectivity index (χ3n) is 2.78. The van der Waals surface area contributed by atoms with E-state index in [-0.39, 0.29) is 5.91 Å². The lowest BCUT2D eigenvalue weighted by molar-refractivity contribution is 0.0793. The van der Waals surface area contributed by atoms with Crippen LogP contribution < -0.4 is 5.73 Å². The first-order valence-electron chi connectivity index (χ1n) is 5.62. The molecule has 0 saturated heterocycles. The minimum atomic E-state index is -0.125. The van der Waals surface area contributed by atoms with Crippen LogP contribution in [0.25, 0.3) is 10.9 Å². The van der Waals surface area contributed by atoms with Gasteiger partial charge in [0.2, 0.25) is 0 Å². The number of aromatic amines is 1. The maximum Gasteiger partial charge on any atom is 0.270 e. The zero-order valence-electron chi connectivity index (χ0n) is 10.1. The Labute approximate surface area is 105 Å². The molecule has 1 aromatic heterocycles. The van der Waals surface area contributed by atoms with Crippen molar-refractivity contribution in [2.45, 2.75) is 6.42 Å². The standard InChI is InChI=1S/C13H14N4O/c1-17(6-2-5-14)13(18)12-8-9-7-10(15)3-4-11(9)16-12/h3-4,7-8,16H,2,6,15H2,1H3. The van der Waals surface area contributed by atoms with Gasteiger partial charge in [0, 0.05) is 30.2 Å². The van der Waals surface area contributed by atoms with Crippen LogP contribution in [0.2, 0.25) is 0 Å². The number of rotatable bonds is 3. The van der Waals surface area contributed by atoms with Crippen molar-refractivity contribution in [3.8, 4) is 6.07 Å². The quantitative estimate of drug-likeness (QED) is 0.804. The summed E-state index contributed by atoms with van der Waals surface area (Å²) < 4.78 is 0. The van der Waals surface area contributed by atoms with E-state index < -0.39 is 0 Å². The number of hydrogen-bond acceptors (Lipinski definition) is 3. The van der Waals surface area contributed by atoms with E-state index in [0.717, 1.165) is 10.9 Å². The van der Waals surface area contributed by atoms with Crippen LogP contribution in [-0.4, -0.2) is 29.4 Å². The molecule has 18 heavy (non-hydrogen) atoms. The highest BCUT2D eigenvalue weighted by molar-refractivity contribution is 5.98. The summed E-state index contributed by atoms with van der Waals surface area (Å²) in [6.45, 7) is 0.423. The molecule has 0 atom stereocenters. The minimum Gasteiger partial charge on any atom is -0.399 e. The third-order valence-corrected chi connectivity index (χ3v) is 2.78. The Morgan fingerprint density at radius 3 is 3.00 bits per heavy atom. The molecule has 1 amide bonds. The van der Waals surface area contributed by atoms with Gasteiger partial charge in [-0.15, -0.1) is 0 Å². The van der Waals surface area contributed by atoms with Crippen molar-refractivity contribution in [3.63, 3.8) is 0 Å². The maximum absolute atomic E-state index is 12.1. The Bertz CT molecular complexity index is 623. The molecule has 0 unspecified atom stereocenters. The highest BCUT2D eigenvalue weighted by atomic mass is 16.2. The van der Waals surface area contributed by atoms with Crippen LogP contribution in [0.1, 0.15) is 16.9 Å². The van der Waals surface area contributed by atoms with Gasteiger partial charge in [-0.25, -0.2) is 0 Å². The van der Waals surface area contributed by atoms with Crippen molar-refractivity contribution in [1.29, 1.82) is 5.26 Å². The first-order chi connectivity index (χ1) is 8.61. The molecule has 3 N–H and O–H groups in total. The largest absolute Gasteiger partial charge is 0.399 e. The van der Waals surface area contributed by atoms with Crippen LogP contribution >= 0.6 is 0 Å². The Balaban J connectivity index is 2.26. The summed E-state index contributed by atoms with van der Waals surface area (Å²) in [5.74, 6) is -0.125. The van der Waals surface area contributed by atoms with Gasteiger partial charge in [0.15, 0.2) is 0 Å². The molecule has 0 spiro atoms. The summed E-state index contributed by atoms with van der Waals surface area (Å²) in [7, 11) is 1.68. The van der Waals surface area contributed by atoms with Crippen LogP contribution in [0.3, 0.4) is 0 Å². The van der Waals surface area contributed by atoms with Crippen LogP contribution in [0.5, 0.6) is 0 Å². The molecule has 1 aromatic carbocycles. The van der Waals surface area contributed by atoms with Gasteiger partial charge in [-0.1, -0.05) is 0 Å². The van der Waals surface area contributed by atoms with Crippen molar-refractivity contribution >= 4 is 22.5 Å². The van der Waals surface area contributed by atoms with Crippen molar-refractivity contribution in [2.75, 3.05) is 19.3 Å².